The third-order valence-electron chi connectivity index (χ3n) is 5.90. The van der Waals surface area contributed by atoms with Gasteiger partial charge in [-0.15, -0.1) is 0 Å². The number of aromatic nitrogens is 1. The minimum absolute atomic E-state index is 0.00760. The van der Waals surface area contributed by atoms with Gasteiger partial charge >= 0.3 is 0 Å². The number of nitrogens with one attached hydrogen (secondary N) is 1. The van der Waals surface area contributed by atoms with Crippen molar-refractivity contribution in [1.29, 1.82) is 0 Å². The molecule has 0 atom stereocenters. The largest absolute Gasteiger partial charge is 0.369 e. The first-order valence-corrected chi connectivity index (χ1v) is 10.7. The van der Waals surface area contributed by atoms with Gasteiger partial charge in [-0.05, 0) is 44.2 Å². The molecule has 1 N–H and O–H groups in total. The summed E-state index contributed by atoms with van der Waals surface area (Å²) >= 11 is 0. The zero-order valence-corrected chi connectivity index (χ0v) is 17.8. The van der Waals surface area contributed by atoms with Crippen LogP contribution in [-0.2, 0) is 0 Å². The van der Waals surface area contributed by atoms with Gasteiger partial charge in [0, 0.05) is 62.0 Å². The first-order chi connectivity index (χ1) is 14.6. The summed E-state index contributed by atoms with van der Waals surface area (Å²) in [5, 5.41) is 3.11. The maximum atomic E-state index is 12.8. The highest BCUT2D eigenvalue weighted by Gasteiger charge is 2.19. The summed E-state index contributed by atoms with van der Waals surface area (Å²) in [6, 6.07) is 22.7. The molecule has 2 heterocycles. The monoisotopic (exact) mass is 402 g/mol. The maximum Gasteiger partial charge on any atom is 0.253 e. The van der Waals surface area contributed by atoms with Crippen LogP contribution < -0.4 is 10.2 Å². The van der Waals surface area contributed by atoms with E-state index in [4.69, 9.17) is 0 Å². The molecule has 0 radical (unpaired) electrons. The molecule has 1 amide bonds. The lowest BCUT2D eigenvalue weighted by molar-refractivity contribution is 0.0947. The third kappa shape index (κ3) is 4.41. The number of carbonyl (C=O) groups is 1. The molecule has 4 rings (SSSR count). The molecule has 0 unspecified atom stereocenters. The van der Waals surface area contributed by atoms with Gasteiger partial charge in [-0.25, -0.2) is 0 Å². The summed E-state index contributed by atoms with van der Waals surface area (Å²) in [6.07, 6.45) is 0. The SMILES string of the molecule is Cc1cc(C(=O)NCCN2CCN(c3ccccc3)CC2)c(C)n1-c1ccccc1. The Balaban J connectivity index is 1.29. The number of anilines is 1. The summed E-state index contributed by atoms with van der Waals surface area (Å²) in [7, 11) is 0. The number of aryl methyl sites for hydroxylation is 1. The van der Waals surface area contributed by atoms with Crippen LogP contribution in [0.3, 0.4) is 0 Å². The topological polar surface area (TPSA) is 40.5 Å². The van der Waals surface area contributed by atoms with Gasteiger partial charge in [-0.2, -0.15) is 0 Å². The van der Waals surface area contributed by atoms with E-state index in [2.05, 4.69) is 62.1 Å². The lowest BCUT2D eigenvalue weighted by Crippen LogP contribution is -2.48. The molecule has 1 fully saturated rings. The van der Waals surface area contributed by atoms with Crippen LogP contribution in [0.25, 0.3) is 5.69 Å². The second-order valence-corrected chi connectivity index (χ2v) is 7.88. The van der Waals surface area contributed by atoms with Gasteiger partial charge in [0.25, 0.3) is 5.91 Å². The maximum absolute atomic E-state index is 12.8. The van der Waals surface area contributed by atoms with E-state index in [1.54, 1.807) is 0 Å². The van der Waals surface area contributed by atoms with E-state index in [0.717, 1.165) is 55.4 Å². The predicted molar refractivity (Wildman–Crippen MR) is 123 cm³/mol. The number of benzene rings is 2. The molecule has 0 saturated carbocycles. The Labute approximate surface area is 178 Å². The summed E-state index contributed by atoms with van der Waals surface area (Å²) < 4.78 is 2.14. The molecule has 2 aromatic carbocycles. The second kappa shape index (κ2) is 9.18. The van der Waals surface area contributed by atoms with Crippen LogP contribution in [0.4, 0.5) is 5.69 Å². The van der Waals surface area contributed by atoms with Crippen molar-refractivity contribution >= 4 is 11.6 Å². The van der Waals surface area contributed by atoms with Crippen molar-refractivity contribution in [3.63, 3.8) is 0 Å². The Kier molecular flexibility index (Phi) is 6.19. The van der Waals surface area contributed by atoms with Gasteiger partial charge in [0.2, 0.25) is 0 Å². The second-order valence-electron chi connectivity index (χ2n) is 7.88. The molecule has 0 aliphatic carbocycles. The number of para-hydroxylation sites is 2. The number of carbonyl (C=O) groups excluding carboxylic acids is 1. The zero-order valence-electron chi connectivity index (χ0n) is 17.8. The minimum Gasteiger partial charge on any atom is -0.369 e. The van der Waals surface area contributed by atoms with E-state index in [1.165, 1.54) is 5.69 Å². The Morgan fingerprint density at radius 1 is 0.867 bits per heavy atom. The third-order valence-corrected chi connectivity index (χ3v) is 5.90. The standard InChI is InChI=1S/C25H30N4O/c1-20-19-24(21(2)29(20)23-11-7-4-8-12-23)25(30)26-13-14-27-15-17-28(18-16-27)22-9-5-3-6-10-22/h3-12,19H,13-18H2,1-2H3,(H,26,30). The van der Waals surface area contributed by atoms with Gasteiger partial charge in [0.15, 0.2) is 0 Å². The lowest BCUT2D eigenvalue weighted by atomic mass is 10.2. The van der Waals surface area contributed by atoms with E-state index in [-0.39, 0.29) is 5.91 Å². The number of amides is 1. The van der Waals surface area contributed by atoms with Crippen molar-refractivity contribution in [2.45, 2.75) is 13.8 Å². The summed E-state index contributed by atoms with van der Waals surface area (Å²) in [5.74, 6) is 0.00760. The number of piperazine rings is 1. The highest BCUT2D eigenvalue weighted by atomic mass is 16.1. The molecule has 3 aromatic rings. The van der Waals surface area contributed by atoms with Crippen LogP contribution in [0.5, 0.6) is 0 Å². The van der Waals surface area contributed by atoms with Crippen molar-refractivity contribution in [1.82, 2.24) is 14.8 Å². The molecule has 1 aromatic heterocycles. The van der Waals surface area contributed by atoms with E-state index < -0.39 is 0 Å². The average Bonchev–Trinajstić information content (AvgIpc) is 3.09. The molecule has 156 valence electrons. The summed E-state index contributed by atoms with van der Waals surface area (Å²) in [6.45, 7) is 9.69. The van der Waals surface area contributed by atoms with Gasteiger partial charge < -0.3 is 14.8 Å². The number of nitrogens with zero attached hydrogens (tertiary/aromatic N) is 3. The van der Waals surface area contributed by atoms with Crippen molar-refractivity contribution < 1.29 is 4.79 Å². The molecular weight excluding hydrogens is 372 g/mol. The van der Waals surface area contributed by atoms with Crippen molar-refractivity contribution in [3.05, 3.63) is 83.7 Å². The highest BCUT2D eigenvalue weighted by Crippen LogP contribution is 2.20. The molecule has 5 nitrogen and oxygen atoms in total. The van der Waals surface area contributed by atoms with Crippen LogP contribution in [0, 0.1) is 13.8 Å². The Bertz CT molecular complexity index is 973. The lowest BCUT2D eigenvalue weighted by Gasteiger charge is -2.36. The van der Waals surface area contributed by atoms with Crippen LogP contribution in [0.1, 0.15) is 21.7 Å². The molecule has 0 bridgehead atoms. The fraction of sp³-hybridized carbons (Fsp3) is 0.320. The Hall–Kier alpha value is -3.05. The van der Waals surface area contributed by atoms with Crippen LogP contribution in [0.2, 0.25) is 0 Å². The molecule has 1 aliphatic rings. The number of hydrogen-bond donors (Lipinski definition) is 1. The highest BCUT2D eigenvalue weighted by molar-refractivity contribution is 5.95. The fourth-order valence-corrected chi connectivity index (χ4v) is 4.26. The van der Waals surface area contributed by atoms with E-state index in [1.807, 2.05) is 38.1 Å². The number of rotatable bonds is 6. The van der Waals surface area contributed by atoms with Crippen molar-refractivity contribution in [2.75, 3.05) is 44.2 Å². The quantitative estimate of drug-likeness (QED) is 0.684. The molecule has 1 aliphatic heterocycles. The first kappa shape index (κ1) is 20.2. The summed E-state index contributed by atoms with van der Waals surface area (Å²) in [4.78, 5) is 17.6. The van der Waals surface area contributed by atoms with Crippen LogP contribution >= 0.6 is 0 Å². The van der Waals surface area contributed by atoms with Gasteiger partial charge in [0.05, 0.1) is 5.56 Å². The van der Waals surface area contributed by atoms with Crippen molar-refractivity contribution in [2.24, 2.45) is 0 Å². The van der Waals surface area contributed by atoms with Crippen LogP contribution in [0.15, 0.2) is 66.7 Å². The smallest absolute Gasteiger partial charge is 0.253 e. The fourth-order valence-electron chi connectivity index (χ4n) is 4.26. The molecular formula is C25H30N4O. The van der Waals surface area contributed by atoms with Gasteiger partial charge in [0.1, 0.15) is 0 Å². The van der Waals surface area contributed by atoms with Crippen LogP contribution in [-0.4, -0.2) is 54.6 Å². The minimum atomic E-state index is 0.00760. The van der Waals surface area contributed by atoms with E-state index >= 15 is 0 Å². The Morgan fingerprint density at radius 3 is 2.10 bits per heavy atom. The molecule has 1 saturated heterocycles. The van der Waals surface area contributed by atoms with E-state index in [9.17, 15) is 4.79 Å². The average molecular weight is 403 g/mol. The predicted octanol–water partition coefficient (Wildman–Crippen LogP) is 3.65. The van der Waals surface area contributed by atoms with Gasteiger partial charge in [-0.3, -0.25) is 9.69 Å². The zero-order chi connectivity index (χ0) is 20.9. The molecule has 5 heteroatoms. The van der Waals surface area contributed by atoms with E-state index in [0.29, 0.717) is 6.54 Å². The van der Waals surface area contributed by atoms with Crippen molar-refractivity contribution in [3.8, 4) is 5.69 Å². The number of hydrogen-bond acceptors (Lipinski definition) is 3. The van der Waals surface area contributed by atoms with Gasteiger partial charge in [-0.1, -0.05) is 36.4 Å². The molecule has 0 spiro atoms. The normalized spacial score (nSPS) is 14.7. The molecule has 30 heavy (non-hydrogen) atoms. The first-order valence-electron chi connectivity index (χ1n) is 10.7. The summed E-state index contributed by atoms with van der Waals surface area (Å²) in [5.41, 5.74) is 5.18. The Morgan fingerprint density at radius 2 is 1.47 bits per heavy atom.